The minimum Gasteiger partial charge on any atom is -0.294 e. The van der Waals surface area contributed by atoms with Gasteiger partial charge in [0.25, 0.3) is 0 Å². The number of rotatable bonds is 2. The molecule has 2 rings (SSSR count). The van der Waals surface area contributed by atoms with Crippen LogP contribution in [-0.2, 0) is 4.79 Å². The zero-order chi connectivity index (χ0) is 10.7. The van der Waals surface area contributed by atoms with E-state index in [1.807, 2.05) is 30.3 Å². The smallest absolute Gasteiger partial charge is 0.165 e. The first-order valence-electron chi connectivity index (χ1n) is 4.65. The van der Waals surface area contributed by atoms with E-state index < -0.39 is 6.04 Å². The average molecular weight is 199 g/mol. The number of hydrogen-bond acceptors (Lipinski definition) is 2. The van der Waals surface area contributed by atoms with Crippen molar-refractivity contribution in [3.05, 3.63) is 52.4 Å². The van der Waals surface area contributed by atoms with Gasteiger partial charge in [0.1, 0.15) is 6.04 Å². The Labute approximate surface area is 86.9 Å². The minimum absolute atomic E-state index is 0.105. The van der Waals surface area contributed by atoms with Gasteiger partial charge in [-0.05, 0) is 29.2 Å². The minimum atomic E-state index is -0.551. The second kappa shape index (κ2) is 3.98. The van der Waals surface area contributed by atoms with Crippen LogP contribution in [0.5, 0.6) is 0 Å². The molecule has 0 amide bonds. The van der Waals surface area contributed by atoms with Gasteiger partial charge in [0.2, 0.25) is 0 Å². The van der Waals surface area contributed by atoms with Crippen molar-refractivity contribution in [2.24, 2.45) is 5.11 Å². The topological polar surface area (TPSA) is 65.8 Å². The maximum Gasteiger partial charge on any atom is 0.165 e. The largest absolute Gasteiger partial charge is 0.294 e. The molecule has 0 fully saturated rings. The van der Waals surface area contributed by atoms with Crippen LogP contribution in [0.25, 0.3) is 16.0 Å². The molecule has 1 aliphatic carbocycles. The number of ketones is 1. The molecule has 0 heterocycles. The zero-order valence-corrected chi connectivity index (χ0v) is 8.00. The van der Waals surface area contributed by atoms with E-state index in [9.17, 15) is 4.79 Å². The van der Waals surface area contributed by atoms with Crippen molar-refractivity contribution < 1.29 is 4.79 Å². The Morgan fingerprint density at radius 2 is 2.07 bits per heavy atom. The molecule has 0 spiro atoms. The van der Waals surface area contributed by atoms with Crippen LogP contribution in [0, 0.1) is 0 Å². The van der Waals surface area contributed by atoms with Gasteiger partial charge in [0.15, 0.2) is 5.78 Å². The van der Waals surface area contributed by atoms with Crippen molar-refractivity contribution in [3.8, 4) is 0 Å². The molecule has 4 heteroatoms. The summed E-state index contributed by atoms with van der Waals surface area (Å²) in [5, 5.41) is 3.46. The maximum atomic E-state index is 11.4. The third kappa shape index (κ3) is 1.90. The Morgan fingerprint density at radius 3 is 2.73 bits per heavy atom. The normalized spacial score (nSPS) is 19.6. The van der Waals surface area contributed by atoms with Gasteiger partial charge < -0.3 is 0 Å². The second-order valence-corrected chi connectivity index (χ2v) is 3.36. The highest BCUT2D eigenvalue weighted by Gasteiger charge is 2.24. The summed E-state index contributed by atoms with van der Waals surface area (Å²) in [4.78, 5) is 14.1. The monoisotopic (exact) mass is 199 g/mol. The number of hydrogen-bond donors (Lipinski definition) is 0. The molecule has 0 bridgehead atoms. The zero-order valence-electron chi connectivity index (χ0n) is 8.00. The highest BCUT2D eigenvalue weighted by molar-refractivity contribution is 6.05. The molecule has 15 heavy (non-hydrogen) atoms. The molecule has 1 aromatic rings. The summed E-state index contributed by atoms with van der Waals surface area (Å²) in [6, 6.07) is 9.09. The Balaban J connectivity index is 2.25. The molecular formula is C11H9N3O. The predicted molar refractivity (Wildman–Crippen MR) is 57.0 cm³/mol. The van der Waals surface area contributed by atoms with Crippen LogP contribution in [-0.4, -0.2) is 11.8 Å². The van der Waals surface area contributed by atoms with Crippen LogP contribution in [0.4, 0.5) is 0 Å². The van der Waals surface area contributed by atoms with Crippen LogP contribution >= 0.6 is 0 Å². The molecule has 0 radical (unpaired) electrons. The summed E-state index contributed by atoms with van der Waals surface area (Å²) in [7, 11) is 0. The van der Waals surface area contributed by atoms with Gasteiger partial charge in [-0.25, -0.2) is 0 Å². The predicted octanol–water partition coefficient (Wildman–Crippen LogP) is 2.72. The Hall–Kier alpha value is -2.06. The van der Waals surface area contributed by atoms with Crippen molar-refractivity contribution in [2.45, 2.75) is 12.5 Å². The molecular weight excluding hydrogens is 190 g/mol. The van der Waals surface area contributed by atoms with Crippen LogP contribution in [0.3, 0.4) is 0 Å². The molecule has 1 atom stereocenters. The number of carbonyl (C=O) groups is 1. The van der Waals surface area contributed by atoms with Crippen molar-refractivity contribution in [1.82, 2.24) is 0 Å². The molecule has 4 nitrogen and oxygen atoms in total. The number of nitrogens with zero attached hydrogens (tertiary/aromatic N) is 3. The SMILES string of the molecule is [N-]=[N+]=NC1CC(c2ccccc2)=CC1=O. The van der Waals surface area contributed by atoms with E-state index in [1.54, 1.807) is 6.08 Å². The van der Waals surface area contributed by atoms with E-state index in [0.717, 1.165) is 11.1 Å². The summed E-state index contributed by atoms with van der Waals surface area (Å²) in [6.07, 6.45) is 2.07. The summed E-state index contributed by atoms with van der Waals surface area (Å²) < 4.78 is 0. The fourth-order valence-corrected chi connectivity index (χ4v) is 1.65. The first kappa shape index (κ1) is 9.49. The van der Waals surface area contributed by atoms with Gasteiger partial charge in [-0.3, -0.25) is 4.79 Å². The Kier molecular flexibility index (Phi) is 2.52. The molecule has 0 aliphatic heterocycles. The second-order valence-electron chi connectivity index (χ2n) is 3.36. The summed E-state index contributed by atoms with van der Waals surface area (Å²) >= 11 is 0. The van der Waals surface area contributed by atoms with Crippen LogP contribution in [0.1, 0.15) is 12.0 Å². The Morgan fingerprint density at radius 1 is 1.33 bits per heavy atom. The van der Waals surface area contributed by atoms with E-state index in [2.05, 4.69) is 10.0 Å². The molecule has 0 saturated heterocycles. The highest BCUT2D eigenvalue weighted by atomic mass is 16.1. The van der Waals surface area contributed by atoms with Crippen molar-refractivity contribution in [1.29, 1.82) is 0 Å². The molecule has 1 aliphatic rings. The van der Waals surface area contributed by atoms with Crippen LogP contribution < -0.4 is 0 Å². The van der Waals surface area contributed by atoms with E-state index in [1.165, 1.54) is 0 Å². The number of carbonyl (C=O) groups excluding carboxylic acids is 1. The molecule has 1 unspecified atom stereocenters. The lowest BCUT2D eigenvalue weighted by molar-refractivity contribution is -0.115. The summed E-state index contributed by atoms with van der Waals surface area (Å²) in [5.41, 5.74) is 10.2. The fraction of sp³-hybridized carbons (Fsp3) is 0.182. The van der Waals surface area contributed by atoms with Gasteiger partial charge in [0.05, 0.1) is 0 Å². The van der Waals surface area contributed by atoms with Gasteiger partial charge in [-0.15, -0.1) is 0 Å². The van der Waals surface area contributed by atoms with Gasteiger partial charge in [0, 0.05) is 4.91 Å². The number of azide groups is 1. The van der Waals surface area contributed by atoms with Crippen molar-refractivity contribution in [3.63, 3.8) is 0 Å². The highest BCUT2D eigenvalue weighted by Crippen LogP contribution is 2.27. The molecule has 1 aromatic carbocycles. The van der Waals surface area contributed by atoms with E-state index >= 15 is 0 Å². The lowest BCUT2D eigenvalue weighted by atomic mass is 10.1. The quantitative estimate of drug-likeness (QED) is 0.410. The van der Waals surface area contributed by atoms with E-state index in [4.69, 9.17) is 5.53 Å². The maximum absolute atomic E-state index is 11.4. The fourth-order valence-electron chi connectivity index (χ4n) is 1.65. The Bertz CT molecular complexity index is 458. The van der Waals surface area contributed by atoms with Gasteiger partial charge in [-0.2, -0.15) is 0 Å². The van der Waals surface area contributed by atoms with Crippen LogP contribution in [0.15, 0.2) is 41.5 Å². The standard InChI is InChI=1S/C11H9N3O/c12-14-13-10-6-9(7-11(10)15)8-4-2-1-3-5-8/h1-5,7,10H,6H2. The van der Waals surface area contributed by atoms with E-state index in [-0.39, 0.29) is 5.78 Å². The summed E-state index contributed by atoms with van der Waals surface area (Å²) in [5.74, 6) is -0.105. The molecule has 74 valence electrons. The third-order valence-electron chi connectivity index (χ3n) is 2.39. The lowest BCUT2D eigenvalue weighted by Gasteiger charge is -2.01. The first-order valence-corrected chi connectivity index (χ1v) is 4.65. The molecule has 0 N–H and O–H groups in total. The molecule has 0 saturated carbocycles. The van der Waals surface area contributed by atoms with Crippen LogP contribution in [0.2, 0.25) is 0 Å². The lowest BCUT2D eigenvalue weighted by Crippen LogP contribution is -2.08. The molecule has 0 aromatic heterocycles. The number of benzene rings is 1. The van der Waals surface area contributed by atoms with Crippen molar-refractivity contribution in [2.75, 3.05) is 0 Å². The van der Waals surface area contributed by atoms with E-state index in [0.29, 0.717) is 6.42 Å². The van der Waals surface area contributed by atoms with Gasteiger partial charge >= 0.3 is 0 Å². The van der Waals surface area contributed by atoms with Gasteiger partial charge in [-0.1, -0.05) is 35.4 Å². The van der Waals surface area contributed by atoms with Crippen molar-refractivity contribution >= 4 is 11.4 Å². The summed E-state index contributed by atoms with van der Waals surface area (Å²) in [6.45, 7) is 0. The average Bonchev–Trinajstić information content (AvgIpc) is 2.63. The third-order valence-corrected chi connectivity index (χ3v) is 2.39. The first-order chi connectivity index (χ1) is 7.31.